The van der Waals surface area contributed by atoms with Gasteiger partial charge in [0.1, 0.15) is 5.82 Å². The van der Waals surface area contributed by atoms with Crippen LogP contribution in [0, 0.1) is 18.2 Å². The molecule has 86 valence electrons. The first kappa shape index (κ1) is 9.94. The molecule has 0 atom stereocenters. The normalized spacial score (nSPS) is 21.4. The molecule has 2 nitrogen and oxygen atoms in total. The summed E-state index contributed by atoms with van der Waals surface area (Å²) in [6.07, 6.45) is 3.89. The van der Waals surface area contributed by atoms with Gasteiger partial charge in [-0.05, 0) is 37.5 Å². The van der Waals surface area contributed by atoms with Crippen LogP contribution in [-0.4, -0.2) is 13.1 Å². The van der Waals surface area contributed by atoms with Crippen molar-refractivity contribution in [1.82, 2.24) is 0 Å². The van der Waals surface area contributed by atoms with Crippen molar-refractivity contribution in [3.8, 4) is 0 Å². The largest absolute Gasteiger partial charge is 0.383 e. The van der Waals surface area contributed by atoms with E-state index in [4.69, 9.17) is 0 Å². The molecule has 0 radical (unpaired) electrons. The Morgan fingerprint density at radius 3 is 2.31 bits per heavy atom. The first-order valence-electron chi connectivity index (χ1n) is 5.97. The van der Waals surface area contributed by atoms with Crippen LogP contribution in [0.2, 0.25) is 0 Å². The predicted molar refractivity (Wildman–Crippen MR) is 64.4 cm³/mol. The fraction of sp³-hybridized carbons (Fsp3) is 0.538. The quantitative estimate of drug-likeness (QED) is 0.702. The molecule has 1 saturated carbocycles. The monoisotopic (exact) mass is 220 g/mol. The summed E-state index contributed by atoms with van der Waals surface area (Å²) in [6, 6.07) is 3.50. The highest BCUT2D eigenvalue weighted by Crippen LogP contribution is 2.43. The first-order valence-corrected chi connectivity index (χ1v) is 5.97. The van der Waals surface area contributed by atoms with Crippen LogP contribution < -0.4 is 10.6 Å². The highest BCUT2D eigenvalue weighted by atomic mass is 19.1. The van der Waals surface area contributed by atoms with E-state index in [2.05, 4.69) is 10.6 Å². The smallest absolute Gasteiger partial charge is 0.128 e. The molecule has 0 bridgehead atoms. The maximum atomic E-state index is 13.5. The Morgan fingerprint density at radius 2 is 1.75 bits per heavy atom. The van der Waals surface area contributed by atoms with Crippen LogP contribution in [0.5, 0.6) is 0 Å². The van der Waals surface area contributed by atoms with Crippen LogP contribution in [0.25, 0.3) is 0 Å². The Labute approximate surface area is 95.2 Å². The lowest BCUT2D eigenvalue weighted by atomic mass is 9.69. The molecule has 1 aromatic carbocycles. The van der Waals surface area contributed by atoms with E-state index in [-0.39, 0.29) is 5.82 Å². The molecular weight excluding hydrogens is 203 g/mol. The summed E-state index contributed by atoms with van der Waals surface area (Å²) in [5, 5.41) is 6.84. The van der Waals surface area contributed by atoms with Gasteiger partial charge in [-0.1, -0.05) is 6.42 Å². The molecule has 3 heteroatoms. The third kappa shape index (κ3) is 1.46. The number of aryl methyl sites for hydroxylation is 1. The van der Waals surface area contributed by atoms with Gasteiger partial charge in [0.05, 0.1) is 11.4 Å². The van der Waals surface area contributed by atoms with Gasteiger partial charge in [0.25, 0.3) is 0 Å². The lowest BCUT2D eigenvalue weighted by Gasteiger charge is -2.41. The lowest BCUT2D eigenvalue weighted by molar-refractivity contribution is 0.171. The van der Waals surface area contributed by atoms with Crippen molar-refractivity contribution in [2.75, 3.05) is 23.7 Å². The van der Waals surface area contributed by atoms with Crippen LogP contribution in [0.1, 0.15) is 24.8 Å². The molecule has 16 heavy (non-hydrogen) atoms. The second-order valence-electron chi connectivity index (χ2n) is 5.21. The van der Waals surface area contributed by atoms with Crippen molar-refractivity contribution in [2.45, 2.75) is 26.2 Å². The van der Waals surface area contributed by atoms with Crippen molar-refractivity contribution in [3.63, 3.8) is 0 Å². The van der Waals surface area contributed by atoms with Crippen LogP contribution in [0.4, 0.5) is 15.8 Å². The number of hydrogen-bond donors (Lipinski definition) is 2. The van der Waals surface area contributed by atoms with E-state index < -0.39 is 0 Å². The van der Waals surface area contributed by atoms with Crippen LogP contribution >= 0.6 is 0 Å². The molecule has 1 aromatic rings. The number of anilines is 2. The Hall–Kier alpha value is -1.25. The molecule has 2 N–H and O–H groups in total. The van der Waals surface area contributed by atoms with E-state index in [1.54, 1.807) is 13.0 Å². The average Bonchev–Trinajstić information content (AvgIpc) is 2.38. The summed E-state index contributed by atoms with van der Waals surface area (Å²) in [5.74, 6) is -0.127. The molecule has 3 rings (SSSR count). The minimum Gasteiger partial charge on any atom is -0.383 e. The van der Waals surface area contributed by atoms with Crippen LogP contribution in [0.3, 0.4) is 0 Å². The zero-order valence-corrected chi connectivity index (χ0v) is 9.57. The summed E-state index contributed by atoms with van der Waals surface area (Å²) in [4.78, 5) is 0. The molecule has 0 amide bonds. The number of hydrogen-bond acceptors (Lipinski definition) is 2. The minimum atomic E-state index is -0.127. The standard InChI is InChI=1S/C13H17FN2/c1-9-5-11-12(6-10(9)14)16-8-13(7-15-11)3-2-4-13/h5-6,15-16H,2-4,7-8H2,1H3. The summed E-state index contributed by atoms with van der Waals surface area (Å²) in [6.45, 7) is 3.79. The second kappa shape index (κ2) is 3.37. The summed E-state index contributed by atoms with van der Waals surface area (Å²) >= 11 is 0. The van der Waals surface area contributed by atoms with Gasteiger partial charge in [0.2, 0.25) is 0 Å². The number of fused-ring (bicyclic) bond motifs is 1. The van der Waals surface area contributed by atoms with Gasteiger partial charge in [0, 0.05) is 18.5 Å². The van der Waals surface area contributed by atoms with Gasteiger partial charge in [-0.3, -0.25) is 0 Å². The minimum absolute atomic E-state index is 0.127. The van der Waals surface area contributed by atoms with Gasteiger partial charge < -0.3 is 10.6 Å². The van der Waals surface area contributed by atoms with Crippen molar-refractivity contribution in [2.24, 2.45) is 5.41 Å². The molecule has 1 spiro atoms. The third-order valence-corrected chi connectivity index (χ3v) is 4.02. The van der Waals surface area contributed by atoms with E-state index >= 15 is 0 Å². The first-order chi connectivity index (χ1) is 7.69. The number of halogens is 1. The lowest BCUT2D eigenvalue weighted by Crippen LogP contribution is -2.40. The molecular formula is C13H17FN2. The van der Waals surface area contributed by atoms with E-state index in [1.807, 2.05) is 6.07 Å². The fourth-order valence-electron chi connectivity index (χ4n) is 2.63. The van der Waals surface area contributed by atoms with Crippen molar-refractivity contribution in [3.05, 3.63) is 23.5 Å². The summed E-state index contributed by atoms with van der Waals surface area (Å²) in [7, 11) is 0. The van der Waals surface area contributed by atoms with Crippen molar-refractivity contribution < 1.29 is 4.39 Å². The maximum Gasteiger partial charge on any atom is 0.128 e. The van der Waals surface area contributed by atoms with Crippen molar-refractivity contribution in [1.29, 1.82) is 0 Å². The van der Waals surface area contributed by atoms with Gasteiger partial charge in [-0.2, -0.15) is 0 Å². The van der Waals surface area contributed by atoms with E-state index in [0.717, 1.165) is 24.5 Å². The Bertz CT molecular complexity index is 389. The maximum absolute atomic E-state index is 13.5. The van der Waals surface area contributed by atoms with Gasteiger partial charge in [-0.15, -0.1) is 0 Å². The van der Waals surface area contributed by atoms with Crippen LogP contribution in [0.15, 0.2) is 12.1 Å². The highest BCUT2D eigenvalue weighted by molar-refractivity contribution is 5.71. The molecule has 0 unspecified atom stereocenters. The summed E-state index contributed by atoms with van der Waals surface area (Å²) in [5.41, 5.74) is 3.07. The highest BCUT2D eigenvalue weighted by Gasteiger charge is 2.38. The summed E-state index contributed by atoms with van der Waals surface area (Å²) < 4.78 is 13.5. The van der Waals surface area contributed by atoms with E-state index in [0.29, 0.717) is 11.0 Å². The second-order valence-corrected chi connectivity index (χ2v) is 5.21. The predicted octanol–water partition coefficient (Wildman–Crippen LogP) is 3.14. The number of nitrogens with one attached hydrogen (secondary N) is 2. The average molecular weight is 220 g/mol. The molecule has 0 aromatic heterocycles. The number of rotatable bonds is 0. The molecule has 1 fully saturated rings. The van der Waals surface area contributed by atoms with Crippen molar-refractivity contribution >= 4 is 11.4 Å². The Balaban J connectivity index is 1.91. The third-order valence-electron chi connectivity index (χ3n) is 4.02. The topological polar surface area (TPSA) is 24.1 Å². The zero-order chi connectivity index (χ0) is 11.2. The Kier molecular flexibility index (Phi) is 2.09. The fourth-order valence-corrected chi connectivity index (χ4v) is 2.63. The molecule has 1 aliphatic heterocycles. The zero-order valence-electron chi connectivity index (χ0n) is 9.57. The van der Waals surface area contributed by atoms with Gasteiger partial charge >= 0.3 is 0 Å². The number of benzene rings is 1. The van der Waals surface area contributed by atoms with Gasteiger partial charge in [-0.25, -0.2) is 4.39 Å². The SMILES string of the molecule is Cc1cc2c(cc1F)NCC1(CCC1)CN2. The molecule has 0 saturated heterocycles. The van der Waals surface area contributed by atoms with Gasteiger partial charge in [0.15, 0.2) is 0 Å². The molecule has 1 heterocycles. The van der Waals surface area contributed by atoms with E-state index in [1.165, 1.54) is 19.3 Å². The van der Waals surface area contributed by atoms with E-state index in [9.17, 15) is 4.39 Å². The van der Waals surface area contributed by atoms with Crippen LogP contribution in [-0.2, 0) is 0 Å². The Morgan fingerprint density at radius 1 is 1.12 bits per heavy atom. The molecule has 1 aliphatic carbocycles. The molecule has 2 aliphatic rings.